The Balaban J connectivity index is 4.08. The molecular weight excluding hydrogens is 201 g/mol. The molecule has 0 N–H and O–H groups in total. The van der Waals surface area contributed by atoms with Crippen LogP contribution >= 0.6 is 0 Å². The molecule has 15 heavy (non-hydrogen) atoms. The quantitative estimate of drug-likeness (QED) is 0.516. The summed E-state index contributed by atoms with van der Waals surface area (Å²) in [5, 5.41) is 0. The van der Waals surface area contributed by atoms with Crippen molar-refractivity contribution in [1.82, 2.24) is 0 Å². The fourth-order valence-corrected chi connectivity index (χ4v) is 1.40. The third kappa shape index (κ3) is 9.83. The molecule has 0 saturated heterocycles. The molecule has 0 amide bonds. The van der Waals surface area contributed by atoms with E-state index in [0.717, 1.165) is 44.1 Å². The normalized spacial score (nSPS) is 11.5. The van der Waals surface area contributed by atoms with Crippen LogP contribution in [0.4, 0.5) is 13.2 Å². The molecule has 0 bridgehead atoms. The Morgan fingerprint density at radius 2 is 1.47 bits per heavy atom. The first-order chi connectivity index (χ1) is 6.99. The van der Waals surface area contributed by atoms with E-state index in [1.807, 2.05) is 0 Å². The zero-order valence-electron chi connectivity index (χ0n) is 9.66. The van der Waals surface area contributed by atoms with Gasteiger partial charge in [-0.15, -0.1) is 0 Å². The van der Waals surface area contributed by atoms with Crippen molar-refractivity contribution < 1.29 is 13.2 Å². The molecule has 0 radical (unpaired) electrons. The van der Waals surface area contributed by atoms with Gasteiger partial charge in [0.15, 0.2) is 0 Å². The summed E-state index contributed by atoms with van der Waals surface area (Å²) >= 11 is 0. The van der Waals surface area contributed by atoms with Gasteiger partial charge in [0.25, 0.3) is 0 Å². The lowest BCUT2D eigenvalue weighted by Crippen LogP contribution is -2.05. The van der Waals surface area contributed by atoms with Crippen LogP contribution in [-0.2, 0) is 0 Å². The van der Waals surface area contributed by atoms with Gasteiger partial charge >= 0.3 is 6.18 Å². The fraction of sp³-hybridized carbons (Fsp3) is 0.833. The SMILES string of the molecule is CCCCC(=CCC(F)(F)F)CCCC. The minimum Gasteiger partial charge on any atom is -0.171 e. The van der Waals surface area contributed by atoms with Gasteiger partial charge in [0.1, 0.15) is 0 Å². The van der Waals surface area contributed by atoms with Crippen molar-refractivity contribution in [1.29, 1.82) is 0 Å². The molecule has 0 aromatic carbocycles. The third-order valence-electron chi connectivity index (χ3n) is 2.33. The van der Waals surface area contributed by atoms with Crippen molar-refractivity contribution in [2.24, 2.45) is 0 Å². The van der Waals surface area contributed by atoms with Crippen LogP contribution < -0.4 is 0 Å². The fourth-order valence-electron chi connectivity index (χ4n) is 1.40. The predicted octanol–water partition coefficient (Wildman–Crippen LogP) is 5.25. The molecule has 0 atom stereocenters. The second-order valence-electron chi connectivity index (χ2n) is 3.89. The number of hydrogen-bond acceptors (Lipinski definition) is 0. The molecule has 3 heteroatoms. The summed E-state index contributed by atoms with van der Waals surface area (Å²) in [7, 11) is 0. The smallest absolute Gasteiger partial charge is 0.171 e. The summed E-state index contributed by atoms with van der Waals surface area (Å²) in [6.07, 6.45) is 2.27. The van der Waals surface area contributed by atoms with Crippen LogP contribution in [0.15, 0.2) is 11.6 Å². The summed E-state index contributed by atoms with van der Waals surface area (Å²) in [4.78, 5) is 0. The van der Waals surface area contributed by atoms with Crippen LogP contribution in [0, 0.1) is 0 Å². The van der Waals surface area contributed by atoms with E-state index in [9.17, 15) is 13.2 Å². The Morgan fingerprint density at radius 1 is 1.00 bits per heavy atom. The predicted molar refractivity (Wildman–Crippen MR) is 57.8 cm³/mol. The minimum atomic E-state index is -4.05. The van der Waals surface area contributed by atoms with E-state index in [2.05, 4.69) is 13.8 Å². The molecule has 0 spiro atoms. The molecule has 0 nitrogen and oxygen atoms in total. The van der Waals surface area contributed by atoms with E-state index < -0.39 is 12.6 Å². The van der Waals surface area contributed by atoms with Crippen molar-refractivity contribution in [3.8, 4) is 0 Å². The molecule has 0 aromatic rings. The molecule has 0 saturated carbocycles. The summed E-state index contributed by atoms with van der Waals surface area (Å²) in [5.41, 5.74) is 0.982. The van der Waals surface area contributed by atoms with Crippen molar-refractivity contribution >= 4 is 0 Å². The topological polar surface area (TPSA) is 0 Å². The Bertz CT molecular complexity index is 170. The van der Waals surface area contributed by atoms with Crippen LogP contribution in [-0.4, -0.2) is 6.18 Å². The average molecular weight is 222 g/mol. The van der Waals surface area contributed by atoms with Gasteiger partial charge in [-0.2, -0.15) is 13.2 Å². The molecule has 0 heterocycles. The van der Waals surface area contributed by atoms with Crippen LogP contribution in [0.3, 0.4) is 0 Å². The van der Waals surface area contributed by atoms with Gasteiger partial charge in [0.05, 0.1) is 6.42 Å². The van der Waals surface area contributed by atoms with Crippen molar-refractivity contribution in [2.45, 2.75) is 65.0 Å². The lowest BCUT2D eigenvalue weighted by Gasteiger charge is -2.08. The molecule has 0 fully saturated rings. The number of rotatable bonds is 7. The van der Waals surface area contributed by atoms with Gasteiger partial charge in [-0.3, -0.25) is 0 Å². The Hall–Kier alpha value is -0.470. The zero-order chi connectivity index (χ0) is 11.7. The summed E-state index contributed by atoms with van der Waals surface area (Å²) in [5.74, 6) is 0. The van der Waals surface area contributed by atoms with E-state index >= 15 is 0 Å². The highest BCUT2D eigenvalue weighted by atomic mass is 19.4. The Kier molecular flexibility index (Phi) is 7.53. The van der Waals surface area contributed by atoms with Crippen LogP contribution in [0.25, 0.3) is 0 Å². The van der Waals surface area contributed by atoms with Gasteiger partial charge in [0.2, 0.25) is 0 Å². The molecular formula is C12H21F3. The first-order valence-electron chi connectivity index (χ1n) is 5.74. The summed E-state index contributed by atoms with van der Waals surface area (Å²) < 4.78 is 36.0. The highest BCUT2D eigenvalue weighted by molar-refractivity contribution is 5.02. The summed E-state index contributed by atoms with van der Waals surface area (Å²) in [6, 6.07) is 0. The maximum absolute atomic E-state index is 12.0. The van der Waals surface area contributed by atoms with E-state index in [4.69, 9.17) is 0 Å². The highest BCUT2D eigenvalue weighted by Crippen LogP contribution is 2.23. The average Bonchev–Trinajstić information content (AvgIpc) is 2.15. The highest BCUT2D eigenvalue weighted by Gasteiger charge is 2.25. The first-order valence-corrected chi connectivity index (χ1v) is 5.74. The third-order valence-corrected chi connectivity index (χ3v) is 2.33. The van der Waals surface area contributed by atoms with Crippen LogP contribution in [0.1, 0.15) is 58.8 Å². The van der Waals surface area contributed by atoms with Crippen molar-refractivity contribution in [3.63, 3.8) is 0 Å². The molecule has 90 valence electrons. The van der Waals surface area contributed by atoms with E-state index in [1.54, 1.807) is 0 Å². The van der Waals surface area contributed by atoms with Gasteiger partial charge in [-0.25, -0.2) is 0 Å². The Morgan fingerprint density at radius 3 is 1.80 bits per heavy atom. The van der Waals surface area contributed by atoms with Crippen LogP contribution in [0.5, 0.6) is 0 Å². The number of halogens is 3. The molecule has 0 aliphatic rings. The number of alkyl halides is 3. The van der Waals surface area contributed by atoms with E-state index in [-0.39, 0.29) is 0 Å². The van der Waals surface area contributed by atoms with E-state index in [0.29, 0.717) is 0 Å². The monoisotopic (exact) mass is 222 g/mol. The minimum absolute atomic E-state index is 0.768. The molecule has 0 aliphatic heterocycles. The summed E-state index contributed by atoms with van der Waals surface area (Å²) in [6.45, 7) is 4.11. The van der Waals surface area contributed by atoms with Gasteiger partial charge < -0.3 is 0 Å². The maximum atomic E-state index is 12.0. The van der Waals surface area contributed by atoms with Gasteiger partial charge in [-0.05, 0) is 25.7 Å². The van der Waals surface area contributed by atoms with E-state index in [1.165, 1.54) is 6.08 Å². The Labute approximate surface area is 90.6 Å². The molecule has 0 unspecified atom stereocenters. The zero-order valence-corrected chi connectivity index (χ0v) is 9.66. The molecule has 0 aliphatic carbocycles. The van der Waals surface area contributed by atoms with Crippen molar-refractivity contribution in [2.75, 3.05) is 0 Å². The largest absolute Gasteiger partial charge is 0.392 e. The lowest BCUT2D eigenvalue weighted by molar-refractivity contribution is -0.125. The first kappa shape index (κ1) is 14.5. The number of hydrogen-bond donors (Lipinski definition) is 0. The number of unbranched alkanes of at least 4 members (excludes halogenated alkanes) is 2. The maximum Gasteiger partial charge on any atom is 0.392 e. The number of allylic oxidation sites excluding steroid dienone is 2. The second kappa shape index (κ2) is 7.77. The molecule has 0 rings (SSSR count). The van der Waals surface area contributed by atoms with Gasteiger partial charge in [0, 0.05) is 0 Å². The van der Waals surface area contributed by atoms with Crippen molar-refractivity contribution in [3.05, 3.63) is 11.6 Å². The standard InChI is InChI=1S/C12H21F3/c1-3-5-7-11(8-6-4-2)9-10-12(13,14)15/h9H,3-8,10H2,1-2H3. The lowest BCUT2D eigenvalue weighted by atomic mass is 10.0. The van der Waals surface area contributed by atoms with Gasteiger partial charge in [-0.1, -0.05) is 38.3 Å². The second-order valence-corrected chi connectivity index (χ2v) is 3.89. The molecule has 0 aromatic heterocycles. The van der Waals surface area contributed by atoms with Crippen LogP contribution in [0.2, 0.25) is 0 Å².